The first-order valence-electron chi connectivity index (χ1n) is 5.73. The molecule has 1 aromatic rings. The Balaban J connectivity index is 2.22. The van der Waals surface area contributed by atoms with E-state index in [9.17, 15) is 18.5 Å². The second kappa shape index (κ2) is 4.73. The predicted molar refractivity (Wildman–Crippen MR) is 73.0 cm³/mol. The van der Waals surface area contributed by atoms with E-state index < -0.39 is 14.9 Å². The standard InChI is InChI=1S/C10H15N3O4S2/c1-10(3-4-10)6-12-19(16,17)8-5-7(13(14)15)9(11-2)18-8/h5,11-12H,3-4,6H2,1-2H3. The Morgan fingerprint density at radius 2 is 2.16 bits per heavy atom. The molecule has 7 nitrogen and oxygen atoms in total. The van der Waals surface area contributed by atoms with Crippen molar-refractivity contribution in [1.29, 1.82) is 0 Å². The fourth-order valence-electron chi connectivity index (χ4n) is 1.54. The summed E-state index contributed by atoms with van der Waals surface area (Å²) in [5.41, 5.74) is -0.173. The fraction of sp³-hybridized carbons (Fsp3) is 0.600. The Kier molecular flexibility index (Phi) is 3.54. The topological polar surface area (TPSA) is 101 Å². The van der Waals surface area contributed by atoms with Crippen LogP contribution < -0.4 is 10.0 Å². The van der Waals surface area contributed by atoms with Crippen molar-refractivity contribution >= 4 is 32.0 Å². The van der Waals surface area contributed by atoms with Crippen molar-refractivity contribution in [3.05, 3.63) is 16.2 Å². The Labute approximate surface area is 115 Å². The molecule has 0 bridgehead atoms. The molecule has 0 aromatic carbocycles. The third-order valence-corrected chi connectivity index (χ3v) is 6.19. The number of nitrogens with zero attached hydrogens (tertiary/aromatic N) is 1. The summed E-state index contributed by atoms with van der Waals surface area (Å²) in [5.74, 6) is 0. The number of hydrogen-bond acceptors (Lipinski definition) is 6. The van der Waals surface area contributed by atoms with Crippen molar-refractivity contribution in [3.8, 4) is 0 Å². The van der Waals surface area contributed by atoms with Gasteiger partial charge >= 0.3 is 5.69 Å². The molecule has 2 rings (SSSR count). The maximum atomic E-state index is 12.1. The van der Waals surface area contributed by atoms with Crippen molar-refractivity contribution < 1.29 is 13.3 Å². The van der Waals surface area contributed by atoms with Crippen LogP contribution in [0.3, 0.4) is 0 Å². The minimum Gasteiger partial charge on any atom is -0.374 e. The van der Waals surface area contributed by atoms with Crippen molar-refractivity contribution in [2.45, 2.75) is 24.0 Å². The van der Waals surface area contributed by atoms with Crippen LogP contribution in [-0.4, -0.2) is 26.9 Å². The lowest BCUT2D eigenvalue weighted by atomic mass is 10.2. The van der Waals surface area contributed by atoms with Gasteiger partial charge in [-0.3, -0.25) is 10.1 Å². The minimum atomic E-state index is -3.67. The number of nitro groups is 1. The molecule has 1 aliphatic rings. The van der Waals surface area contributed by atoms with Gasteiger partial charge in [0.05, 0.1) is 4.92 Å². The van der Waals surface area contributed by atoms with E-state index in [1.165, 1.54) is 7.05 Å². The molecular formula is C10H15N3O4S2. The zero-order valence-corrected chi connectivity index (χ0v) is 12.2. The Morgan fingerprint density at radius 3 is 2.58 bits per heavy atom. The minimum absolute atomic E-state index is 0.0344. The number of rotatable bonds is 6. The maximum absolute atomic E-state index is 12.1. The smallest absolute Gasteiger partial charge is 0.304 e. The maximum Gasteiger partial charge on any atom is 0.304 e. The SMILES string of the molecule is CNc1sc(S(=O)(=O)NCC2(C)CC2)cc1[N+](=O)[O-]. The normalized spacial score (nSPS) is 17.2. The largest absolute Gasteiger partial charge is 0.374 e. The van der Waals surface area contributed by atoms with Gasteiger partial charge in [-0.25, -0.2) is 13.1 Å². The van der Waals surface area contributed by atoms with Crippen LogP contribution in [0.15, 0.2) is 10.3 Å². The summed E-state index contributed by atoms with van der Waals surface area (Å²) in [6, 6.07) is 1.09. The zero-order valence-electron chi connectivity index (χ0n) is 10.6. The number of thiophene rings is 1. The van der Waals surface area contributed by atoms with E-state index in [2.05, 4.69) is 10.0 Å². The third kappa shape index (κ3) is 3.04. The Bertz CT molecular complexity index is 604. The van der Waals surface area contributed by atoms with Gasteiger partial charge < -0.3 is 5.32 Å². The second-order valence-electron chi connectivity index (χ2n) is 4.92. The quantitative estimate of drug-likeness (QED) is 0.616. The molecule has 1 aliphatic carbocycles. The molecule has 0 unspecified atom stereocenters. The molecular weight excluding hydrogens is 290 g/mol. The predicted octanol–water partition coefficient (Wildman–Crippen LogP) is 1.78. The lowest BCUT2D eigenvalue weighted by molar-refractivity contribution is -0.383. The lowest BCUT2D eigenvalue weighted by Gasteiger charge is -2.09. The molecule has 19 heavy (non-hydrogen) atoms. The van der Waals surface area contributed by atoms with Crippen molar-refractivity contribution in [1.82, 2.24) is 4.72 Å². The summed E-state index contributed by atoms with van der Waals surface area (Å²) in [6.07, 6.45) is 2.00. The number of hydrogen-bond donors (Lipinski definition) is 2. The van der Waals surface area contributed by atoms with Gasteiger partial charge in [-0.15, -0.1) is 0 Å². The van der Waals surface area contributed by atoms with E-state index in [1.54, 1.807) is 0 Å². The molecule has 0 saturated heterocycles. The van der Waals surface area contributed by atoms with Crippen molar-refractivity contribution in [2.24, 2.45) is 5.41 Å². The highest BCUT2D eigenvalue weighted by Gasteiger charge is 2.38. The number of sulfonamides is 1. The van der Waals surface area contributed by atoms with Crippen LogP contribution in [0.25, 0.3) is 0 Å². The molecule has 1 heterocycles. The molecule has 0 spiro atoms. The highest BCUT2D eigenvalue weighted by molar-refractivity contribution is 7.91. The van der Waals surface area contributed by atoms with Gasteiger partial charge in [0.25, 0.3) is 0 Å². The van der Waals surface area contributed by atoms with Gasteiger partial charge in [0, 0.05) is 19.7 Å². The van der Waals surface area contributed by atoms with Crippen LogP contribution in [0.4, 0.5) is 10.7 Å². The average molecular weight is 305 g/mol. The lowest BCUT2D eigenvalue weighted by Crippen LogP contribution is -2.28. The third-order valence-electron chi connectivity index (χ3n) is 3.17. The Hall–Kier alpha value is -1.19. The summed E-state index contributed by atoms with van der Waals surface area (Å²) in [6.45, 7) is 2.38. The van der Waals surface area contributed by atoms with Crippen LogP contribution in [0.2, 0.25) is 0 Å². The van der Waals surface area contributed by atoms with Gasteiger partial charge in [0.15, 0.2) is 5.00 Å². The first-order valence-corrected chi connectivity index (χ1v) is 8.03. The fourth-order valence-corrected chi connectivity index (χ4v) is 4.06. The monoisotopic (exact) mass is 305 g/mol. The molecule has 9 heteroatoms. The molecule has 106 valence electrons. The first-order chi connectivity index (χ1) is 8.77. The molecule has 1 aromatic heterocycles. The van der Waals surface area contributed by atoms with E-state index >= 15 is 0 Å². The van der Waals surface area contributed by atoms with E-state index in [0.717, 1.165) is 30.2 Å². The molecule has 0 atom stereocenters. The van der Waals surface area contributed by atoms with Gasteiger partial charge in [-0.05, 0) is 18.3 Å². The number of anilines is 1. The molecule has 0 aliphatic heterocycles. The van der Waals surface area contributed by atoms with Crippen LogP contribution >= 0.6 is 11.3 Å². The summed E-state index contributed by atoms with van der Waals surface area (Å²) >= 11 is 0.863. The number of nitrogens with one attached hydrogen (secondary N) is 2. The molecule has 0 radical (unpaired) electrons. The van der Waals surface area contributed by atoms with E-state index in [0.29, 0.717) is 6.54 Å². The second-order valence-corrected chi connectivity index (χ2v) is 7.97. The van der Waals surface area contributed by atoms with E-state index in [-0.39, 0.29) is 20.3 Å². The summed E-state index contributed by atoms with van der Waals surface area (Å²) in [7, 11) is -2.15. The molecule has 1 saturated carbocycles. The summed E-state index contributed by atoms with van der Waals surface area (Å²) < 4.78 is 26.6. The van der Waals surface area contributed by atoms with Crippen molar-refractivity contribution in [2.75, 3.05) is 18.9 Å². The molecule has 0 amide bonds. The molecule has 1 fully saturated rings. The van der Waals surface area contributed by atoms with Crippen LogP contribution in [-0.2, 0) is 10.0 Å². The van der Waals surface area contributed by atoms with E-state index in [1.807, 2.05) is 6.92 Å². The van der Waals surface area contributed by atoms with Crippen LogP contribution in [0.5, 0.6) is 0 Å². The van der Waals surface area contributed by atoms with Gasteiger partial charge in [0.2, 0.25) is 10.0 Å². The van der Waals surface area contributed by atoms with Crippen LogP contribution in [0.1, 0.15) is 19.8 Å². The average Bonchev–Trinajstić information content (AvgIpc) is 2.92. The van der Waals surface area contributed by atoms with Gasteiger partial charge in [-0.1, -0.05) is 18.3 Å². The van der Waals surface area contributed by atoms with Gasteiger partial charge in [-0.2, -0.15) is 0 Å². The van der Waals surface area contributed by atoms with Gasteiger partial charge in [0.1, 0.15) is 4.21 Å². The first kappa shape index (κ1) is 14.2. The summed E-state index contributed by atoms with van der Waals surface area (Å²) in [5, 5.41) is 13.7. The van der Waals surface area contributed by atoms with E-state index in [4.69, 9.17) is 0 Å². The zero-order chi connectivity index (χ0) is 14.3. The van der Waals surface area contributed by atoms with Crippen LogP contribution in [0, 0.1) is 15.5 Å². The van der Waals surface area contributed by atoms with Crippen molar-refractivity contribution in [3.63, 3.8) is 0 Å². The Morgan fingerprint density at radius 1 is 1.53 bits per heavy atom. The highest BCUT2D eigenvalue weighted by atomic mass is 32.2. The highest BCUT2D eigenvalue weighted by Crippen LogP contribution is 2.44. The summed E-state index contributed by atoms with van der Waals surface area (Å²) in [4.78, 5) is 10.2. The molecule has 2 N–H and O–H groups in total.